The first-order valence-corrected chi connectivity index (χ1v) is 1.59. The van der Waals surface area contributed by atoms with E-state index in [1.165, 1.54) is 0 Å². The lowest BCUT2D eigenvalue weighted by Gasteiger charge is -1.56. The van der Waals surface area contributed by atoms with Gasteiger partial charge in [0, 0.05) is 6.61 Å². The van der Waals surface area contributed by atoms with Crippen molar-refractivity contribution < 1.29 is 48.3 Å². The monoisotopic (exact) mass is 217 g/mol. The number of nitrogens with zero attached hydrogens (tertiary/aromatic N) is 1. The highest BCUT2D eigenvalue weighted by Crippen LogP contribution is 1.38. The van der Waals surface area contributed by atoms with Gasteiger partial charge in [0.25, 0.3) is 5.09 Å². The normalized spacial score (nSPS) is 3.23. The van der Waals surface area contributed by atoms with Gasteiger partial charge in [0.15, 0.2) is 0 Å². The van der Waals surface area contributed by atoms with Crippen LogP contribution in [0.4, 0.5) is 0 Å². The molecule has 0 rings (SSSR count). The van der Waals surface area contributed by atoms with Crippen molar-refractivity contribution in [3.05, 3.63) is 10.1 Å². The molecule has 0 spiro atoms. The highest BCUT2D eigenvalue weighted by molar-refractivity contribution is 3.84. The van der Waals surface area contributed by atoms with E-state index in [2.05, 4.69) is 0 Å². The van der Waals surface area contributed by atoms with E-state index in [4.69, 9.17) is 20.4 Å². The molecule has 0 bridgehead atoms. The van der Waals surface area contributed by atoms with Crippen molar-refractivity contribution in [2.24, 2.45) is 0 Å². The predicted octanol–water partition coefficient (Wildman–Crippen LogP) is -5.30. The average molecular weight is 217 g/mol. The lowest BCUT2D eigenvalue weighted by atomic mass is 10.9. The van der Waals surface area contributed by atoms with Gasteiger partial charge in [-0.25, -0.2) is 0 Å². The Morgan fingerprint density at radius 2 is 1.08 bits per heavy atom. The van der Waals surface area contributed by atoms with Crippen molar-refractivity contribution in [3.63, 3.8) is 0 Å². The molecular weight excluding hydrogens is 198 g/mol. The molecule has 0 unspecified atom stereocenters. The average Bonchev–Trinajstić information content (AvgIpc) is 1.33. The Balaban J connectivity index is -0.00000000444. The number of hydrogen-bond acceptors (Lipinski definition) is 3. The van der Waals surface area contributed by atoms with Gasteiger partial charge in [-0.2, -0.15) is 0 Å². The summed E-state index contributed by atoms with van der Waals surface area (Å²) in [6, 6.07) is 0. The summed E-state index contributed by atoms with van der Waals surface area (Å²) in [7, 11) is 0. The van der Waals surface area contributed by atoms with Crippen molar-refractivity contribution in [3.8, 4) is 0 Å². The van der Waals surface area contributed by atoms with Crippen LogP contribution in [0.25, 0.3) is 0 Å². The molecule has 0 atom stereocenters. The molecule has 11 nitrogen and oxygen atoms in total. The van der Waals surface area contributed by atoms with Crippen molar-refractivity contribution in [2.75, 3.05) is 6.61 Å². The van der Waals surface area contributed by atoms with E-state index < -0.39 is 5.09 Å². The van der Waals surface area contributed by atoms with Gasteiger partial charge in [0.2, 0.25) is 0 Å². The van der Waals surface area contributed by atoms with Crippen LogP contribution in [0, 0.1) is 10.1 Å². The van der Waals surface area contributed by atoms with E-state index in [9.17, 15) is 0 Å². The van der Waals surface area contributed by atoms with E-state index in [1.54, 1.807) is 6.92 Å². The second-order valence-corrected chi connectivity index (χ2v) is 0.554. The summed E-state index contributed by atoms with van der Waals surface area (Å²) in [6.07, 6.45) is 0. The fraction of sp³-hybridized carbons (Fsp3) is 1.00. The van der Waals surface area contributed by atoms with Crippen LogP contribution in [0.5, 0.6) is 0 Å². The maximum absolute atomic E-state index is 8.36. The second kappa shape index (κ2) is 126. The molecule has 0 aromatic carbocycles. The maximum atomic E-state index is 8.36. The molecular formula is C2H19NO10. The zero-order valence-electron chi connectivity index (χ0n) is 6.87. The molecule has 0 amide bonds. The molecule has 0 fully saturated rings. The van der Waals surface area contributed by atoms with Crippen LogP contribution < -0.4 is 0 Å². The standard InChI is InChI=1S/C2H6O.HNO3.6H2O/c1-2-3;2-1(3)4;;;;;;/h3H,2H2,1H3;(H,2,3,4);6*1H2. The van der Waals surface area contributed by atoms with Gasteiger partial charge in [0.05, 0.1) is 0 Å². The molecule has 0 saturated heterocycles. The highest BCUT2D eigenvalue weighted by Gasteiger charge is 1.65. The first-order valence-electron chi connectivity index (χ1n) is 1.59. The van der Waals surface area contributed by atoms with Gasteiger partial charge in [-0.3, -0.25) is 0 Å². The first kappa shape index (κ1) is 92.5. The molecule has 0 saturated carbocycles. The van der Waals surface area contributed by atoms with Crippen molar-refractivity contribution in [2.45, 2.75) is 6.92 Å². The molecule has 0 aliphatic heterocycles. The van der Waals surface area contributed by atoms with Crippen LogP contribution in [0.1, 0.15) is 6.92 Å². The van der Waals surface area contributed by atoms with Gasteiger partial charge < -0.3 is 43.2 Å². The van der Waals surface area contributed by atoms with Gasteiger partial charge in [-0.15, -0.1) is 10.1 Å². The number of rotatable bonds is 0. The third kappa shape index (κ3) is 745. The van der Waals surface area contributed by atoms with E-state index in [-0.39, 0.29) is 39.5 Å². The van der Waals surface area contributed by atoms with Gasteiger partial charge in [-0.05, 0) is 6.92 Å². The second-order valence-electron chi connectivity index (χ2n) is 0.554. The summed E-state index contributed by atoms with van der Waals surface area (Å²) >= 11 is 0. The van der Waals surface area contributed by atoms with Gasteiger partial charge >= 0.3 is 0 Å². The Kier molecular flexibility index (Phi) is 897. The maximum Gasteiger partial charge on any atom is 0.291 e. The third-order valence-corrected chi connectivity index (χ3v) is 0. The number of aliphatic hydroxyl groups is 1. The molecule has 0 aromatic rings. The minimum atomic E-state index is -1.50. The largest absolute Gasteiger partial charge is 0.412 e. The smallest absolute Gasteiger partial charge is 0.291 e. The summed E-state index contributed by atoms with van der Waals surface area (Å²) in [6.45, 7) is 1.93. The Morgan fingerprint density at radius 3 is 1.08 bits per heavy atom. The minimum absolute atomic E-state index is 0. The Morgan fingerprint density at radius 1 is 1.08 bits per heavy atom. The SMILES string of the molecule is CCO.O.O.O.O.O.O.O=[N+]([O-])O. The molecule has 11 heteroatoms. The fourth-order valence-electron chi connectivity index (χ4n) is 0. The van der Waals surface area contributed by atoms with E-state index in [1.807, 2.05) is 0 Å². The molecule has 0 aromatic heterocycles. The zero-order chi connectivity index (χ0) is 6.28. The Labute approximate surface area is 73.2 Å². The van der Waals surface area contributed by atoms with Crippen LogP contribution in [-0.2, 0) is 0 Å². The quantitative estimate of drug-likeness (QED) is 0.296. The van der Waals surface area contributed by atoms with Crippen LogP contribution in [0.15, 0.2) is 0 Å². The molecule has 92 valence electrons. The van der Waals surface area contributed by atoms with E-state index in [0.717, 1.165) is 0 Å². The van der Waals surface area contributed by atoms with Crippen molar-refractivity contribution in [1.82, 2.24) is 0 Å². The summed E-state index contributed by atoms with van der Waals surface area (Å²) in [5, 5.41) is 21.2. The number of aliphatic hydroxyl groups excluding tert-OH is 1. The summed E-state index contributed by atoms with van der Waals surface area (Å²) in [5.41, 5.74) is 0. The van der Waals surface area contributed by atoms with Crippen LogP contribution in [0.2, 0.25) is 0 Å². The molecule has 14 N–H and O–H groups in total. The first-order chi connectivity index (χ1) is 3.15. The summed E-state index contributed by atoms with van der Waals surface area (Å²) in [4.78, 5) is 8.36. The lowest BCUT2D eigenvalue weighted by molar-refractivity contribution is -0.742. The van der Waals surface area contributed by atoms with Crippen LogP contribution in [0.3, 0.4) is 0 Å². The zero-order valence-corrected chi connectivity index (χ0v) is 6.87. The lowest BCUT2D eigenvalue weighted by Crippen LogP contribution is -1.81. The topological polar surface area (TPSA) is 273 Å². The highest BCUT2D eigenvalue weighted by atomic mass is 16.9. The van der Waals surface area contributed by atoms with Gasteiger partial charge in [0.1, 0.15) is 0 Å². The van der Waals surface area contributed by atoms with Crippen molar-refractivity contribution in [1.29, 1.82) is 0 Å². The molecule has 0 aliphatic rings. The Hall–Kier alpha value is -1.08. The van der Waals surface area contributed by atoms with Crippen LogP contribution >= 0.6 is 0 Å². The van der Waals surface area contributed by atoms with Gasteiger partial charge in [-0.1, -0.05) is 0 Å². The third-order valence-electron chi connectivity index (χ3n) is 0. The van der Waals surface area contributed by atoms with Crippen LogP contribution in [-0.4, -0.2) is 54.9 Å². The molecule has 13 heavy (non-hydrogen) atoms. The van der Waals surface area contributed by atoms with E-state index in [0.29, 0.717) is 0 Å². The molecule has 0 radical (unpaired) electrons. The van der Waals surface area contributed by atoms with E-state index >= 15 is 0 Å². The summed E-state index contributed by atoms with van der Waals surface area (Å²) < 4.78 is 0. The Bertz CT molecular complexity index is 44.2. The summed E-state index contributed by atoms with van der Waals surface area (Å²) in [5.74, 6) is 0. The van der Waals surface area contributed by atoms with Crippen molar-refractivity contribution >= 4 is 0 Å². The molecule has 0 heterocycles. The fourth-order valence-corrected chi connectivity index (χ4v) is 0. The minimum Gasteiger partial charge on any atom is -0.412 e. The predicted molar refractivity (Wildman–Crippen MR) is 43.2 cm³/mol. The molecule has 0 aliphatic carbocycles. The number of hydrogen-bond donors (Lipinski definition) is 2.